The van der Waals surface area contributed by atoms with E-state index in [-0.39, 0.29) is 5.91 Å². The smallest absolute Gasteiger partial charge is 0.230 e. The minimum Gasteiger partial charge on any atom is -0.497 e. The molecule has 3 rings (SSSR count). The van der Waals surface area contributed by atoms with Gasteiger partial charge in [-0.2, -0.15) is 0 Å². The molecule has 1 heterocycles. The summed E-state index contributed by atoms with van der Waals surface area (Å²) in [6.07, 6.45) is 4.12. The van der Waals surface area contributed by atoms with E-state index in [0.717, 1.165) is 21.9 Å². The molecule has 1 aromatic heterocycles. The summed E-state index contributed by atoms with van der Waals surface area (Å²) in [5.74, 6) is 0.713. The highest BCUT2D eigenvalue weighted by Crippen LogP contribution is 2.19. The molecule has 0 spiro atoms. The van der Waals surface area contributed by atoms with Crippen LogP contribution in [0, 0.1) is 0 Å². The fourth-order valence-corrected chi connectivity index (χ4v) is 2.84. The molecule has 2 aromatic carbocycles. The lowest BCUT2D eigenvalue weighted by Gasteiger charge is -2.00. The van der Waals surface area contributed by atoms with Gasteiger partial charge < -0.3 is 10.1 Å². The third kappa shape index (κ3) is 4.99. The van der Waals surface area contributed by atoms with Gasteiger partial charge in [0.25, 0.3) is 0 Å². The highest BCUT2D eigenvalue weighted by atomic mass is 32.1. The van der Waals surface area contributed by atoms with E-state index in [0.29, 0.717) is 11.6 Å². The van der Waals surface area contributed by atoms with E-state index in [1.54, 1.807) is 7.11 Å². The van der Waals surface area contributed by atoms with Crippen molar-refractivity contribution < 1.29 is 9.53 Å². The number of hydrogen-bond donors (Lipinski definition) is 1. The zero-order valence-electron chi connectivity index (χ0n) is 13.7. The molecule has 0 aliphatic rings. The largest absolute Gasteiger partial charge is 0.497 e. The maximum Gasteiger partial charge on any atom is 0.230 e. The lowest BCUT2D eigenvalue weighted by atomic mass is 10.1. The van der Waals surface area contributed by atoms with Gasteiger partial charge >= 0.3 is 0 Å². The van der Waals surface area contributed by atoms with Gasteiger partial charge in [0.05, 0.1) is 13.5 Å². The molecule has 0 bridgehead atoms. The summed E-state index contributed by atoms with van der Waals surface area (Å²) in [6, 6.07) is 17.3. The Labute approximate surface area is 150 Å². The molecule has 0 saturated carbocycles. The number of carbonyl (C=O) groups is 1. The Bertz CT molecular complexity index is 858. The zero-order valence-corrected chi connectivity index (χ0v) is 14.5. The van der Waals surface area contributed by atoms with Gasteiger partial charge in [-0.05, 0) is 29.3 Å². The molecule has 1 amide bonds. The lowest BCUT2D eigenvalue weighted by Crippen LogP contribution is -2.14. The Kier molecular flexibility index (Phi) is 5.53. The number of amides is 1. The number of ether oxygens (including phenoxy) is 1. The molecule has 0 atom stereocenters. The Morgan fingerprint density at radius 1 is 1.08 bits per heavy atom. The summed E-state index contributed by atoms with van der Waals surface area (Å²) >= 11 is 1.33. The van der Waals surface area contributed by atoms with E-state index in [1.807, 2.05) is 66.7 Å². The second kappa shape index (κ2) is 8.21. The molecule has 1 N–H and O–H groups in total. The van der Waals surface area contributed by atoms with Crippen LogP contribution in [0.5, 0.6) is 5.75 Å². The standard InChI is InChI=1S/C19H17N3O2S/c1-24-16-10-7-14(8-11-16)9-12-18-21-22-19(25-18)20-17(23)13-15-5-3-2-4-6-15/h2-12H,13H2,1H3,(H,20,22,23). The Balaban J connectivity index is 1.58. The first-order valence-corrected chi connectivity index (χ1v) is 8.54. The van der Waals surface area contributed by atoms with Crippen LogP contribution in [-0.4, -0.2) is 23.2 Å². The summed E-state index contributed by atoms with van der Waals surface area (Å²) < 4.78 is 5.13. The Hall–Kier alpha value is -2.99. The van der Waals surface area contributed by atoms with Crippen molar-refractivity contribution in [2.24, 2.45) is 0 Å². The predicted molar refractivity (Wildman–Crippen MR) is 101 cm³/mol. The van der Waals surface area contributed by atoms with Crippen LogP contribution in [0.4, 0.5) is 5.13 Å². The van der Waals surface area contributed by atoms with Gasteiger partial charge in [0, 0.05) is 0 Å². The second-order valence-corrected chi connectivity index (χ2v) is 6.27. The Morgan fingerprint density at radius 2 is 1.84 bits per heavy atom. The van der Waals surface area contributed by atoms with Crippen molar-refractivity contribution >= 4 is 34.5 Å². The number of nitrogens with one attached hydrogen (secondary N) is 1. The topological polar surface area (TPSA) is 64.1 Å². The van der Waals surface area contributed by atoms with Gasteiger partial charge in [0.2, 0.25) is 11.0 Å². The molecule has 0 fully saturated rings. The SMILES string of the molecule is COc1ccc(C=Cc2nnc(NC(=O)Cc3ccccc3)s2)cc1. The van der Waals surface area contributed by atoms with Crippen molar-refractivity contribution in [3.8, 4) is 5.75 Å². The normalized spacial score (nSPS) is 10.8. The number of rotatable bonds is 6. The average Bonchev–Trinajstić information content (AvgIpc) is 3.08. The summed E-state index contributed by atoms with van der Waals surface area (Å²) in [5.41, 5.74) is 2.00. The van der Waals surface area contributed by atoms with Crippen LogP contribution in [0.2, 0.25) is 0 Å². The quantitative estimate of drug-likeness (QED) is 0.731. The van der Waals surface area contributed by atoms with Crippen molar-refractivity contribution in [1.29, 1.82) is 0 Å². The van der Waals surface area contributed by atoms with Gasteiger partial charge in [-0.15, -0.1) is 10.2 Å². The fourth-order valence-electron chi connectivity index (χ4n) is 2.18. The molecule has 0 radical (unpaired) electrons. The van der Waals surface area contributed by atoms with Crippen LogP contribution in [0.3, 0.4) is 0 Å². The van der Waals surface area contributed by atoms with Crippen LogP contribution in [0.25, 0.3) is 12.2 Å². The summed E-state index contributed by atoms with van der Waals surface area (Å²) in [4.78, 5) is 12.0. The number of benzene rings is 2. The van der Waals surface area contributed by atoms with Crippen LogP contribution in [0.15, 0.2) is 54.6 Å². The summed E-state index contributed by atoms with van der Waals surface area (Å²) in [7, 11) is 1.64. The van der Waals surface area contributed by atoms with Crippen LogP contribution < -0.4 is 10.1 Å². The third-order valence-corrected chi connectivity index (χ3v) is 4.23. The molecule has 0 aliphatic carbocycles. The third-order valence-electron chi connectivity index (χ3n) is 3.43. The molecule has 0 aliphatic heterocycles. The maximum absolute atomic E-state index is 12.0. The van der Waals surface area contributed by atoms with E-state index in [1.165, 1.54) is 11.3 Å². The highest BCUT2D eigenvalue weighted by Gasteiger charge is 2.07. The van der Waals surface area contributed by atoms with Crippen molar-refractivity contribution in [2.45, 2.75) is 6.42 Å². The molecule has 25 heavy (non-hydrogen) atoms. The van der Waals surface area contributed by atoms with E-state index >= 15 is 0 Å². The first-order valence-electron chi connectivity index (χ1n) is 7.72. The van der Waals surface area contributed by atoms with Crippen LogP contribution in [0.1, 0.15) is 16.1 Å². The highest BCUT2D eigenvalue weighted by molar-refractivity contribution is 7.16. The molecule has 6 heteroatoms. The van der Waals surface area contributed by atoms with Crippen LogP contribution >= 0.6 is 11.3 Å². The number of hydrogen-bond acceptors (Lipinski definition) is 5. The molecule has 5 nitrogen and oxygen atoms in total. The van der Waals surface area contributed by atoms with Crippen molar-refractivity contribution in [3.05, 3.63) is 70.7 Å². The van der Waals surface area contributed by atoms with Crippen molar-refractivity contribution in [3.63, 3.8) is 0 Å². The molecule has 0 unspecified atom stereocenters. The minimum absolute atomic E-state index is 0.104. The summed E-state index contributed by atoms with van der Waals surface area (Å²) in [5, 5.41) is 12.1. The Morgan fingerprint density at radius 3 is 2.56 bits per heavy atom. The fraction of sp³-hybridized carbons (Fsp3) is 0.105. The number of anilines is 1. The van der Waals surface area contributed by atoms with Gasteiger partial charge in [0.1, 0.15) is 10.8 Å². The van der Waals surface area contributed by atoms with E-state index in [9.17, 15) is 4.79 Å². The number of nitrogens with zero attached hydrogens (tertiary/aromatic N) is 2. The van der Waals surface area contributed by atoms with Crippen molar-refractivity contribution in [1.82, 2.24) is 10.2 Å². The molecule has 3 aromatic rings. The predicted octanol–water partition coefficient (Wildman–Crippen LogP) is 3.90. The average molecular weight is 351 g/mol. The minimum atomic E-state index is -0.104. The first-order chi connectivity index (χ1) is 12.2. The number of aromatic nitrogens is 2. The molecular formula is C19H17N3O2S. The van der Waals surface area contributed by atoms with E-state index in [2.05, 4.69) is 15.5 Å². The van der Waals surface area contributed by atoms with Crippen LogP contribution in [-0.2, 0) is 11.2 Å². The van der Waals surface area contributed by atoms with E-state index in [4.69, 9.17) is 4.74 Å². The lowest BCUT2D eigenvalue weighted by molar-refractivity contribution is -0.115. The van der Waals surface area contributed by atoms with Gasteiger partial charge in [-0.3, -0.25) is 4.79 Å². The zero-order chi connectivity index (χ0) is 17.5. The van der Waals surface area contributed by atoms with Crippen molar-refractivity contribution in [2.75, 3.05) is 12.4 Å². The molecule has 0 saturated heterocycles. The van der Waals surface area contributed by atoms with Gasteiger partial charge in [-0.1, -0.05) is 59.9 Å². The second-order valence-electron chi connectivity index (χ2n) is 5.26. The van der Waals surface area contributed by atoms with E-state index < -0.39 is 0 Å². The molecule has 126 valence electrons. The molecular weight excluding hydrogens is 334 g/mol. The summed E-state index contributed by atoms with van der Waals surface area (Å²) in [6.45, 7) is 0. The number of carbonyl (C=O) groups excluding carboxylic acids is 1. The number of methoxy groups -OCH3 is 1. The maximum atomic E-state index is 12.0. The van der Waals surface area contributed by atoms with Gasteiger partial charge in [-0.25, -0.2) is 0 Å². The monoisotopic (exact) mass is 351 g/mol. The first kappa shape index (κ1) is 16.9. The van der Waals surface area contributed by atoms with Gasteiger partial charge in [0.15, 0.2) is 0 Å².